The molecule has 0 aliphatic carbocycles. The summed E-state index contributed by atoms with van der Waals surface area (Å²) in [6.45, 7) is 9.11. The Bertz CT molecular complexity index is 1270. The molecule has 0 spiro atoms. The van der Waals surface area contributed by atoms with Crippen LogP contribution in [0, 0.1) is 20.8 Å². The number of nitrogens with one attached hydrogen (secondary N) is 1. The van der Waals surface area contributed by atoms with Crippen molar-refractivity contribution in [3.63, 3.8) is 0 Å². The van der Waals surface area contributed by atoms with Gasteiger partial charge in [0, 0.05) is 12.1 Å². The molecule has 3 aromatic carbocycles. The number of imidazole rings is 1. The molecule has 1 N–H and O–H groups in total. The number of hydrogen-bond donors (Lipinski definition) is 1. The quantitative estimate of drug-likeness (QED) is 0.441. The lowest BCUT2D eigenvalue weighted by atomic mass is 9.99. The minimum Gasteiger partial charge on any atom is -0.497 e. The van der Waals surface area contributed by atoms with Crippen LogP contribution in [0.4, 0.5) is 0 Å². The Labute approximate surface area is 189 Å². The Morgan fingerprint density at radius 3 is 2.47 bits per heavy atom. The van der Waals surface area contributed by atoms with Gasteiger partial charge in [0.2, 0.25) is 0 Å². The van der Waals surface area contributed by atoms with Crippen LogP contribution in [0.1, 0.15) is 51.4 Å². The lowest BCUT2D eigenvalue weighted by Gasteiger charge is -2.19. The van der Waals surface area contributed by atoms with Crippen LogP contribution in [-0.4, -0.2) is 22.6 Å². The molecule has 4 aromatic rings. The molecule has 0 aliphatic rings. The molecule has 32 heavy (non-hydrogen) atoms. The number of nitrogens with zero attached hydrogens (tertiary/aromatic N) is 2. The van der Waals surface area contributed by atoms with E-state index in [2.05, 4.69) is 48.9 Å². The SMILES string of the molecule is COc1cccc(C(=O)NC(C)c2nc3ccccc3n2Cc2c(C)cc(C)cc2C)c1. The van der Waals surface area contributed by atoms with Crippen LogP contribution in [0.5, 0.6) is 5.75 Å². The number of carbonyl (C=O) groups is 1. The zero-order valence-electron chi connectivity index (χ0n) is 19.3. The molecular formula is C27H29N3O2. The van der Waals surface area contributed by atoms with Crippen LogP contribution in [-0.2, 0) is 6.54 Å². The van der Waals surface area contributed by atoms with Crippen LogP contribution in [0.15, 0.2) is 60.7 Å². The molecule has 0 radical (unpaired) electrons. The van der Waals surface area contributed by atoms with E-state index < -0.39 is 0 Å². The van der Waals surface area contributed by atoms with Gasteiger partial charge in [-0.1, -0.05) is 35.9 Å². The van der Waals surface area contributed by atoms with Crippen molar-refractivity contribution in [2.75, 3.05) is 7.11 Å². The number of hydrogen-bond acceptors (Lipinski definition) is 3. The number of aryl methyl sites for hydroxylation is 3. The van der Waals surface area contributed by atoms with Gasteiger partial charge in [0.15, 0.2) is 0 Å². The van der Waals surface area contributed by atoms with Gasteiger partial charge in [-0.2, -0.15) is 0 Å². The number of amides is 1. The number of aromatic nitrogens is 2. The summed E-state index contributed by atoms with van der Waals surface area (Å²) >= 11 is 0. The van der Waals surface area contributed by atoms with Crippen molar-refractivity contribution in [2.24, 2.45) is 0 Å². The maximum Gasteiger partial charge on any atom is 0.251 e. The summed E-state index contributed by atoms with van der Waals surface area (Å²) in [4.78, 5) is 17.8. The van der Waals surface area contributed by atoms with Crippen molar-refractivity contribution < 1.29 is 9.53 Å². The van der Waals surface area contributed by atoms with Crippen molar-refractivity contribution in [3.05, 3.63) is 94.3 Å². The molecule has 0 bridgehead atoms. The van der Waals surface area contributed by atoms with E-state index in [0.717, 1.165) is 16.9 Å². The zero-order valence-corrected chi connectivity index (χ0v) is 19.3. The van der Waals surface area contributed by atoms with Gasteiger partial charge in [-0.05, 0) is 74.7 Å². The van der Waals surface area contributed by atoms with E-state index in [1.54, 1.807) is 19.2 Å². The Morgan fingerprint density at radius 2 is 1.75 bits per heavy atom. The molecule has 0 saturated heterocycles. The lowest BCUT2D eigenvalue weighted by Crippen LogP contribution is -2.29. The van der Waals surface area contributed by atoms with Crippen LogP contribution in [0.25, 0.3) is 11.0 Å². The van der Waals surface area contributed by atoms with Crippen molar-refractivity contribution >= 4 is 16.9 Å². The summed E-state index contributed by atoms with van der Waals surface area (Å²) < 4.78 is 7.47. The van der Waals surface area contributed by atoms with Crippen molar-refractivity contribution in [1.82, 2.24) is 14.9 Å². The summed E-state index contributed by atoms with van der Waals surface area (Å²) in [5, 5.41) is 3.11. The van der Waals surface area contributed by atoms with E-state index in [-0.39, 0.29) is 11.9 Å². The van der Waals surface area contributed by atoms with Gasteiger partial charge >= 0.3 is 0 Å². The largest absolute Gasteiger partial charge is 0.497 e. The van der Waals surface area contributed by atoms with Gasteiger partial charge in [0.25, 0.3) is 5.91 Å². The van der Waals surface area contributed by atoms with Crippen molar-refractivity contribution in [2.45, 2.75) is 40.3 Å². The van der Waals surface area contributed by atoms with Gasteiger partial charge in [0.1, 0.15) is 11.6 Å². The summed E-state index contributed by atoms with van der Waals surface area (Å²) in [7, 11) is 1.59. The Morgan fingerprint density at radius 1 is 1.03 bits per heavy atom. The lowest BCUT2D eigenvalue weighted by molar-refractivity contribution is 0.0937. The van der Waals surface area contributed by atoms with Gasteiger partial charge < -0.3 is 14.6 Å². The number of rotatable bonds is 6. The first-order valence-corrected chi connectivity index (χ1v) is 10.8. The number of fused-ring (bicyclic) bond motifs is 1. The molecule has 0 saturated carbocycles. The van der Waals surface area contributed by atoms with Crippen LogP contribution in [0.3, 0.4) is 0 Å². The monoisotopic (exact) mass is 427 g/mol. The smallest absolute Gasteiger partial charge is 0.251 e. The summed E-state index contributed by atoms with van der Waals surface area (Å²) in [5.41, 5.74) is 7.61. The summed E-state index contributed by atoms with van der Waals surface area (Å²) in [5.74, 6) is 1.34. The van der Waals surface area contributed by atoms with E-state index in [9.17, 15) is 4.79 Å². The van der Waals surface area contributed by atoms with Gasteiger partial charge in [-0.3, -0.25) is 4.79 Å². The second-order valence-electron chi connectivity index (χ2n) is 8.35. The normalized spacial score (nSPS) is 12.0. The Hall–Kier alpha value is -3.60. The predicted octanol–water partition coefficient (Wildman–Crippen LogP) is 5.51. The van der Waals surface area contributed by atoms with Crippen molar-refractivity contribution in [1.29, 1.82) is 0 Å². The molecule has 0 aliphatic heterocycles. The minimum absolute atomic E-state index is 0.155. The maximum atomic E-state index is 12.9. The van der Waals surface area contributed by atoms with Crippen LogP contribution in [0.2, 0.25) is 0 Å². The molecule has 164 valence electrons. The van der Waals surface area contributed by atoms with Crippen LogP contribution < -0.4 is 10.1 Å². The van der Waals surface area contributed by atoms with Crippen LogP contribution >= 0.6 is 0 Å². The first-order valence-electron chi connectivity index (χ1n) is 10.8. The number of para-hydroxylation sites is 2. The topological polar surface area (TPSA) is 56.1 Å². The fourth-order valence-corrected chi connectivity index (χ4v) is 4.32. The molecule has 1 unspecified atom stereocenters. The minimum atomic E-state index is -0.271. The Kier molecular flexibility index (Phi) is 5.99. The van der Waals surface area contributed by atoms with Gasteiger partial charge in [-0.15, -0.1) is 0 Å². The van der Waals surface area contributed by atoms with E-state index >= 15 is 0 Å². The van der Waals surface area contributed by atoms with Gasteiger partial charge in [-0.25, -0.2) is 4.98 Å². The first kappa shape index (κ1) is 21.6. The van der Waals surface area contributed by atoms with Gasteiger partial charge in [0.05, 0.1) is 24.2 Å². The molecule has 1 amide bonds. The molecule has 5 heteroatoms. The molecule has 4 rings (SSSR count). The zero-order chi connectivity index (χ0) is 22.8. The molecule has 1 atom stereocenters. The highest BCUT2D eigenvalue weighted by atomic mass is 16.5. The average Bonchev–Trinajstić information content (AvgIpc) is 3.14. The molecule has 1 aromatic heterocycles. The number of ether oxygens (including phenoxy) is 1. The fourth-order valence-electron chi connectivity index (χ4n) is 4.32. The first-order chi connectivity index (χ1) is 15.4. The maximum absolute atomic E-state index is 12.9. The number of carbonyl (C=O) groups excluding carboxylic acids is 1. The molecule has 5 nitrogen and oxygen atoms in total. The second kappa shape index (κ2) is 8.87. The standard InChI is InChI=1S/C27H29N3O2/c1-17-13-18(2)23(19(3)14-17)16-30-25-12-7-6-11-24(25)29-26(30)20(4)28-27(31)21-9-8-10-22(15-21)32-5/h6-15,20H,16H2,1-5H3,(H,28,31). The molecular weight excluding hydrogens is 398 g/mol. The fraction of sp³-hybridized carbons (Fsp3) is 0.259. The number of benzene rings is 3. The van der Waals surface area contributed by atoms with E-state index in [1.165, 1.54) is 22.3 Å². The summed E-state index contributed by atoms with van der Waals surface area (Å²) in [6.07, 6.45) is 0. The highest BCUT2D eigenvalue weighted by molar-refractivity contribution is 5.94. The van der Waals surface area contributed by atoms with E-state index in [1.807, 2.05) is 37.3 Å². The molecule has 1 heterocycles. The van der Waals surface area contributed by atoms with Crippen molar-refractivity contribution in [3.8, 4) is 5.75 Å². The highest BCUT2D eigenvalue weighted by Gasteiger charge is 2.20. The Balaban J connectivity index is 1.70. The third-order valence-corrected chi connectivity index (χ3v) is 5.91. The third kappa shape index (κ3) is 4.24. The van der Waals surface area contributed by atoms with E-state index in [4.69, 9.17) is 9.72 Å². The summed E-state index contributed by atoms with van der Waals surface area (Å²) in [6, 6.07) is 19.4. The highest BCUT2D eigenvalue weighted by Crippen LogP contribution is 2.25. The third-order valence-electron chi connectivity index (χ3n) is 5.91. The van der Waals surface area contributed by atoms with E-state index in [0.29, 0.717) is 17.9 Å². The molecule has 0 fully saturated rings. The average molecular weight is 428 g/mol. The predicted molar refractivity (Wildman–Crippen MR) is 128 cm³/mol. The number of methoxy groups -OCH3 is 1. The second-order valence-corrected chi connectivity index (χ2v) is 8.35.